The molecule has 0 spiro atoms. The molecule has 0 aromatic rings. The van der Waals surface area contributed by atoms with Crippen molar-refractivity contribution in [3.05, 3.63) is 0 Å². The van der Waals surface area contributed by atoms with E-state index < -0.39 is 7.94 Å². The van der Waals surface area contributed by atoms with Crippen molar-refractivity contribution in [1.82, 2.24) is 0 Å². The molecule has 0 aromatic carbocycles. The van der Waals surface area contributed by atoms with Crippen molar-refractivity contribution in [3.8, 4) is 0 Å². The lowest BCUT2D eigenvalue weighted by Gasteiger charge is -2.31. The van der Waals surface area contributed by atoms with Gasteiger partial charge in [0.15, 0.2) is 0 Å². The molecule has 0 radical (unpaired) electrons. The lowest BCUT2D eigenvalue weighted by molar-refractivity contribution is -0.141. The summed E-state index contributed by atoms with van der Waals surface area (Å²) in [7, 11) is -2.84. The van der Waals surface area contributed by atoms with Crippen LogP contribution in [0.5, 0.6) is 0 Å². The molecule has 1 heterocycles. The summed E-state index contributed by atoms with van der Waals surface area (Å²) in [4.78, 5) is 20.5. The van der Waals surface area contributed by atoms with Crippen LogP contribution in [0.3, 0.4) is 0 Å². The Morgan fingerprint density at radius 1 is 1.33 bits per heavy atom. The van der Waals surface area contributed by atoms with Gasteiger partial charge in [0.2, 0.25) is 6.35 Å². The zero-order chi connectivity index (χ0) is 13.6. The van der Waals surface area contributed by atoms with Crippen LogP contribution in [0.15, 0.2) is 0 Å². The van der Waals surface area contributed by atoms with Crippen LogP contribution < -0.4 is 0 Å². The van der Waals surface area contributed by atoms with E-state index >= 15 is 0 Å². The molecule has 1 saturated heterocycles. The van der Waals surface area contributed by atoms with E-state index in [1.165, 1.54) is 6.92 Å². The van der Waals surface area contributed by atoms with Crippen LogP contribution in [0.2, 0.25) is 0 Å². The van der Waals surface area contributed by atoms with Gasteiger partial charge in [-0.1, -0.05) is 13.8 Å². The summed E-state index contributed by atoms with van der Waals surface area (Å²) < 4.78 is 20.8. The molecule has 0 atom stereocenters. The molecule has 1 rings (SSSR count). The highest BCUT2D eigenvalue weighted by Gasteiger charge is 2.48. The normalized spacial score (nSPS) is 21.6. The molecule has 1 N–H and O–H groups in total. The first-order chi connectivity index (χ1) is 8.33. The molecule has 7 heteroatoms. The van der Waals surface area contributed by atoms with Gasteiger partial charge in [0, 0.05) is 18.8 Å². The number of hydrogen-bond donors (Lipinski definition) is 1. The number of rotatable bonds is 6. The van der Waals surface area contributed by atoms with Crippen molar-refractivity contribution in [2.75, 3.05) is 32.8 Å². The molecule has 106 valence electrons. The molecule has 18 heavy (non-hydrogen) atoms. The van der Waals surface area contributed by atoms with E-state index in [9.17, 15) is 9.69 Å². The molecule has 0 amide bonds. The smallest absolute Gasteiger partial charge is 0.436 e. The third kappa shape index (κ3) is 6.07. The standard InChI is InChI=1S/C11H22O6P/c1-10(12)15-6-4-5-14-9-18(13)16-7-11(2,3)8-17-18/h13H,4-9H2,1-3H3/q+1. The van der Waals surface area contributed by atoms with Gasteiger partial charge in [-0.2, -0.15) is 13.9 Å². The predicted molar refractivity (Wildman–Crippen MR) is 66.9 cm³/mol. The molecule has 0 bridgehead atoms. The first kappa shape index (κ1) is 15.8. The third-order valence-electron chi connectivity index (χ3n) is 2.31. The fourth-order valence-electron chi connectivity index (χ4n) is 1.26. The lowest BCUT2D eigenvalue weighted by Crippen LogP contribution is -2.32. The number of hydrogen-bond acceptors (Lipinski definition) is 6. The van der Waals surface area contributed by atoms with Gasteiger partial charge in [0.25, 0.3) is 0 Å². The summed E-state index contributed by atoms with van der Waals surface area (Å²) in [6, 6.07) is 0. The van der Waals surface area contributed by atoms with Crippen molar-refractivity contribution in [2.45, 2.75) is 27.2 Å². The minimum absolute atomic E-state index is 0.0587. The molecular formula is C11H22O6P+. The maximum atomic E-state index is 10.5. The Bertz CT molecular complexity index is 271. The summed E-state index contributed by atoms with van der Waals surface area (Å²) in [5, 5.41) is 0. The van der Waals surface area contributed by atoms with Crippen molar-refractivity contribution >= 4 is 13.9 Å². The van der Waals surface area contributed by atoms with Gasteiger partial charge in [-0.05, 0) is 0 Å². The second kappa shape index (κ2) is 6.78. The summed E-state index contributed by atoms with van der Waals surface area (Å²) in [5.74, 6) is -0.303. The van der Waals surface area contributed by atoms with E-state index in [1.54, 1.807) is 0 Å². The molecule has 0 aliphatic carbocycles. The first-order valence-corrected chi connectivity index (χ1v) is 7.70. The first-order valence-electron chi connectivity index (χ1n) is 5.94. The molecule has 6 nitrogen and oxygen atoms in total. The number of carbonyl (C=O) groups is 1. The van der Waals surface area contributed by atoms with E-state index in [4.69, 9.17) is 18.5 Å². The Labute approximate surface area is 108 Å². The summed E-state index contributed by atoms with van der Waals surface area (Å²) in [6.07, 6.45) is 0.647. The highest BCUT2D eigenvalue weighted by molar-refractivity contribution is 7.60. The number of carbonyl (C=O) groups excluding carboxylic acids is 1. The van der Waals surface area contributed by atoms with Gasteiger partial charge in [0.05, 0.1) is 13.2 Å². The van der Waals surface area contributed by atoms with E-state index in [2.05, 4.69) is 0 Å². The Morgan fingerprint density at radius 3 is 2.50 bits per heavy atom. The van der Waals surface area contributed by atoms with Crippen LogP contribution >= 0.6 is 7.94 Å². The average Bonchev–Trinajstić information content (AvgIpc) is 2.28. The summed E-state index contributed by atoms with van der Waals surface area (Å²) in [5.41, 5.74) is -0.0679. The van der Waals surface area contributed by atoms with Gasteiger partial charge in [0.1, 0.15) is 13.2 Å². The van der Waals surface area contributed by atoms with Crippen molar-refractivity contribution < 1.29 is 28.2 Å². The van der Waals surface area contributed by atoms with Crippen LogP contribution in [0.1, 0.15) is 27.2 Å². The summed E-state index contributed by atoms with van der Waals surface area (Å²) >= 11 is 0. The largest absolute Gasteiger partial charge is 0.466 e. The van der Waals surface area contributed by atoms with Crippen LogP contribution in [-0.2, 0) is 23.3 Å². The fourth-order valence-corrected chi connectivity index (χ4v) is 2.95. The van der Waals surface area contributed by atoms with Gasteiger partial charge in [-0.25, -0.2) is 0 Å². The molecule has 1 fully saturated rings. The van der Waals surface area contributed by atoms with Crippen LogP contribution in [-0.4, -0.2) is 43.6 Å². The van der Waals surface area contributed by atoms with Gasteiger partial charge in [-0.3, -0.25) is 4.79 Å². The second-order valence-corrected chi connectivity index (χ2v) is 7.13. The Kier molecular flexibility index (Phi) is 5.95. The minimum atomic E-state index is -2.84. The van der Waals surface area contributed by atoms with Crippen molar-refractivity contribution in [2.24, 2.45) is 5.41 Å². The molecular weight excluding hydrogens is 259 g/mol. The van der Waals surface area contributed by atoms with E-state index in [0.717, 1.165) is 0 Å². The van der Waals surface area contributed by atoms with E-state index in [0.29, 0.717) is 32.8 Å². The molecule has 1 aliphatic rings. The van der Waals surface area contributed by atoms with Crippen LogP contribution in [0.25, 0.3) is 0 Å². The molecule has 0 aromatic heterocycles. The van der Waals surface area contributed by atoms with E-state index in [1.807, 2.05) is 13.8 Å². The van der Waals surface area contributed by atoms with Crippen molar-refractivity contribution in [3.63, 3.8) is 0 Å². The van der Waals surface area contributed by atoms with Gasteiger partial charge >= 0.3 is 13.9 Å². The molecule has 0 unspecified atom stereocenters. The monoisotopic (exact) mass is 281 g/mol. The number of ether oxygens (including phenoxy) is 2. The Morgan fingerprint density at radius 2 is 1.94 bits per heavy atom. The fraction of sp³-hybridized carbons (Fsp3) is 0.909. The maximum absolute atomic E-state index is 10.5. The average molecular weight is 281 g/mol. The maximum Gasteiger partial charge on any atom is 0.436 e. The Hall–Kier alpha value is -0.260. The zero-order valence-corrected chi connectivity index (χ0v) is 12.1. The molecule has 0 saturated carbocycles. The van der Waals surface area contributed by atoms with Crippen LogP contribution in [0.4, 0.5) is 0 Å². The van der Waals surface area contributed by atoms with Crippen molar-refractivity contribution in [1.29, 1.82) is 0 Å². The second-order valence-electron chi connectivity index (χ2n) is 5.08. The number of esters is 1. The topological polar surface area (TPSA) is 74.2 Å². The SMILES string of the molecule is CC(=O)OCCCOC[P+]1(O)OCC(C)(C)CO1. The molecule has 1 aliphatic heterocycles. The highest BCUT2D eigenvalue weighted by Crippen LogP contribution is 2.60. The Balaban J connectivity index is 2.10. The summed E-state index contributed by atoms with van der Waals surface area (Å²) in [6.45, 7) is 7.03. The van der Waals surface area contributed by atoms with Gasteiger partial charge < -0.3 is 9.47 Å². The zero-order valence-electron chi connectivity index (χ0n) is 11.2. The van der Waals surface area contributed by atoms with Crippen LogP contribution in [0, 0.1) is 5.41 Å². The highest BCUT2D eigenvalue weighted by atomic mass is 31.2. The third-order valence-corrected chi connectivity index (χ3v) is 3.88. The van der Waals surface area contributed by atoms with Gasteiger partial charge in [-0.15, -0.1) is 0 Å². The predicted octanol–water partition coefficient (Wildman–Crippen LogP) is 1.74. The quantitative estimate of drug-likeness (QED) is 0.454. The lowest BCUT2D eigenvalue weighted by atomic mass is 9.97. The van der Waals surface area contributed by atoms with E-state index in [-0.39, 0.29) is 17.7 Å². The minimum Gasteiger partial charge on any atom is -0.466 e.